The van der Waals surface area contributed by atoms with Gasteiger partial charge in [0, 0.05) is 26.2 Å². The standard InChI is InChI=1S/C12H24N2O/c1-10-5-11(2)7-14(6-10)8-12(13)3-4-15-9-12/h10-11H,3-9,13H2,1-2H3. The fourth-order valence-corrected chi connectivity index (χ4v) is 3.11. The van der Waals surface area contributed by atoms with E-state index >= 15 is 0 Å². The maximum atomic E-state index is 6.31. The first-order valence-electron chi connectivity index (χ1n) is 6.16. The molecule has 2 aliphatic heterocycles. The normalized spacial score (nSPS) is 43.4. The molecule has 3 heteroatoms. The van der Waals surface area contributed by atoms with Gasteiger partial charge in [0.05, 0.1) is 12.1 Å². The van der Waals surface area contributed by atoms with E-state index in [4.69, 9.17) is 10.5 Å². The summed E-state index contributed by atoms with van der Waals surface area (Å²) in [6, 6.07) is 0. The van der Waals surface area contributed by atoms with Crippen LogP contribution < -0.4 is 5.73 Å². The lowest BCUT2D eigenvalue weighted by molar-refractivity contribution is 0.102. The highest BCUT2D eigenvalue weighted by Crippen LogP contribution is 2.24. The topological polar surface area (TPSA) is 38.5 Å². The molecule has 2 rings (SSSR count). The molecule has 0 aromatic heterocycles. The number of ether oxygens (including phenoxy) is 1. The predicted molar refractivity (Wildman–Crippen MR) is 61.7 cm³/mol. The predicted octanol–water partition coefficient (Wildman–Crippen LogP) is 1.08. The van der Waals surface area contributed by atoms with Crippen molar-refractivity contribution in [1.29, 1.82) is 0 Å². The molecule has 2 heterocycles. The SMILES string of the molecule is CC1CC(C)CN(CC2(N)CCOC2)C1. The average molecular weight is 212 g/mol. The Morgan fingerprint density at radius 3 is 2.53 bits per heavy atom. The third-order valence-corrected chi connectivity index (χ3v) is 3.62. The van der Waals surface area contributed by atoms with E-state index in [9.17, 15) is 0 Å². The van der Waals surface area contributed by atoms with Gasteiger partial charge in [-0.05, 0) is 24.7 Å². The smallest absolute Gasteiger partial charge is 0.0659 e. The molecule has 0 aromatic rings. The van der Waals surface area contributed by atoms with Gasteiger partial charge in [-0.2, -0.15) is 0 Å². The van der Waals surface area contributed by atoms with Gasteiger partial charge in [-0.25, -0.2) is 0 Å². The molecular weight excluding hydrogens is 188 g/mol. The van der Waals surface area contributed by atoms with Crippen molar-refractivity contribution in [3.63, 3.8) is 0 Å². The number of piperidine rings is 1. The molecule has 2 aliphatic rings. The van der Waals surface area contributed by atoms with Crippen molar-refractivity contribution in [1.82, 2.24) is 4.90 Å². The van der Waals surface area contributed by atoms with Gasteiger partial charge in [0.25, 0.3) is 0 Å². The van der Waals surface area contributed by atoms with Gasteiger partial charge >= 0.3 is 0 Å². The minimum Gasteiger partial charge on any atom is -0.379 e. The Balaban J connectivity index is 1.87. The Labute approximate surface area is 93.0 Å². The van der Waals surface area contributed by atoms with Crippen molar-refractivity contribution in [3.05, 3.63) is 0 Å². The first kappa shape index (κ1) is 11.4. The van der Waals surface area contributed by atoms with Gasteiger partial charge in [0.1, 0.15) is 0 Å². The highest BCUT2D eigenvalue weighted by Gasteiger charge is 2.34. The first-order valence-corrected chi connectivity index (χ1v) is 6.16. The summed E-state index contributed by atoms with van der Waals surface area (Å²) in [6.07, 6.45) is 2.39. The number of likely N-dealkylation sites (tertiary alicyclic amines) is 1. The Bertz CT molecular complexity index is 204. The molecule has 0 saturated carbocycles. The van der Waals surface area contributed by atoms with Gasteiger partial charge in [0.2, 0.25) is 0 Å². The van der Waals surface area contributed by atoms with Crippen molar-refractivity contribution in [2.45, 2.75) is 32.2 Å². The van der Waals surface area contributed by atoms with E-state index in [0.29, 0.717) is 0 Å². The van der Waals surface area contributed by atoms with Crippen LogP contribution in [0.2, 0.25) is 0 Å². The summed E-state index contributed by atoms with van der Waals surface area (Å²) >= 11 is 0. The number of hydrogen-bond donors (Lipinski definition) is 1. The maximum Gasteiger partial charge on any atom is 0.0659 e. The van der Waals surface area contributed by atoms with Crippen molar-refractivity contribution >= 4 is 0 Å². The lowest BCUT2D eigenvalue weighted by Crippen LogP contribution is -2.53. The number of hydrogen-bond acceptors (Lipinski definition) is 3. The van der Waals surface area contributed by atoms with Crippen LogP contribution in [-0.2, 0) is 4.74 Å². The molecule has 0 bridgehead atoms. The largest absolute Gasteiger partial charge is 0.379 e. The van der Waals surface area contributed by atoms with Crippen LogP contribution in [0.15, 0.2) is 0 Å². The van der Waals surface area contributed by atoms with Crippen LogP contribution >= 0.6 is 0 Å². The van der Waals surface area contributed by atoms with E-state index in [1.165, 1.54) is 19.5 Å². The summed E-state index contributed by atoms with van der Waals surface area (Å²) in [5.41, 5.74) is 6.24. The minimum absolute atomic E-state index is 0.0726. The molecule has 0 radical (unpaired) electrons. The van der Waals surface area contributed by atoms with E-state index in [1.807, 2.05) is 0 Å². The van der Waals surface area contributed by atoms with E-state index in [1.54, 1.807) is 0 Å². The van der Waals surface area contributed by atoms with Crippen molar-refractivity contribution in [2.75, 3.05) is 32.8 Å². The monoisotopic (exact) mass is 212 g/mol. The zero-order valence-corrected chi connectivity index (χ0v) is 10.0. The molecule has 2 N–H and O–H groups in total. The van der Waals surface area contributed by atoms with Gasteiger partial charge in [-0.1, -0.05) is 13.8 Å². The minimum atomic E-state index is -0.0726. The van der Waals surface area contributed by atoms with Crippen LogP contribution in [0.3, 0.4) is 0 Å². The lowest BCUT2D eigenvalue weighted by Gasteiger charge is -2.38. The summed E-state index contributed by atoms with van der Waals surface area (Å²) in [5.74, 6) is 1.64. The third-order valence-electron chi connectivity index (χ3n) is 3.62. The molecule has 0 amide bonds. The van der Waals surface area contributed by atoms with Gasteiger partial charge in [-0.3, -0.25) is 0 Å². The lowest BCUT2D eigenvalue weighted by atomic mass is 9.90. The Hall–Kier alpha value is -0.120. The second kappa shape index (κ2) is 4.40. The summed E-state index contributed by atoms with van der Waals surface area (Å²) < 4.78 is 5.40. The quantitative estimate of drug-likeness (QED) is 0.744. The van der Waals surface area contributed by atoms with E-state index in [2.05, 4.69) is 18.7 Å². The molecule has 3 unspecified atom stereocenters. The van der Waals surface area contributed by atoms with E-state index in [-0.39, 0.29) is 5.54 Å². The average Bonchev–Trinajstić information content (AvgIpc) is 2.49. The van der Waals surface area contributed by atoms with Crippen LogP contribution in [0.25, 0.3) is 0 Å². The fraction of sp³-hybridized carbons (Fsp3) is 1.00. The fourth-order valence-electron chi connectivity index (χ4n) is 3.11. The van der Waals surface area contributed by atoms with Gasteiger partial charge in [-0.15, -0.1) is 0 Å². The molecular formula is C12H24N2O. The summed E-state index contributed by atoms with van der Waals surface area (Å²) in [7, 11) is 0. The highest BCUT2D eigenvalue weighted by atomic mass is 16.5. The molecule has 2 fully saturated rings. The number of rotatable bonds is 2. The van der Waals surface area contributed by atoms with Gasteiger partial charge in [0.15, 0.2) is 0 Å². The van der Waals surface area contributed by atoms with Crippen LogP contribution in [-0.4, -0.2) is 43.3 Å². The third kappa shape index (κ3) is 2.92. The zero-order chi connectivity index (χ0) is 10.9. The first-order chi connectivity index (χ1) is 7.07. The Kier molecular flexibility index (Phi) is 3.33. The number of nitrogens with two attached hydrogens (primary N) is 1. The second-order valence-corrected chi connectivity index (χ2v) is 5.81. The Morgan fingerprint density at radius 1 is 1.33 bits per heavy atom. The van der Waals surface area contributed by atoms with Crippen LogP contribution in [0, 0.1) is 11.8 Å². The van der Waals surface area contributed by atoms with Gasteiger partial charge < -0.3 is 15.4 Å². The molecule has 0 aromatic carbocycles. The van der Waals surface area contributed by atoms with E-state index < -0.39 is 0 Å². The molecule has 0 spiro atoms. The highest BCUT2D eigenvalue weighted by molar-refractivity contribution is 4.92. The molecule has 3 nitrogen and oxygen atoms in total. The molecule has 3 atom stereocenters. The van der Waals surface area contributed by atoms with Crippen LogP contribution in [0.1, 0.15) is 26.7 Å². The second-order valence-electron chi connectivity index (χ2n) is 5.81. The van der Waals surface area contributed by atoms with Crippen molar-refractivity contribution in [3.8, 4) is 0 Å². The zero-order valence-electron chi connectivity index (χ0n) is 10.0. The van der Waals surface area contributed by atoms with Crippen LogP contribution in [0.4, 0.5) is 0 Å². The van der Waals surface area contributed by atoms with Crippen LogP contribution in [0.5, 0.6) is 0 Å². The van der Waals surface area contributed by atoms with Crippen molar-refractivity contribution in [2.24, 2.45) is 17.6 Å². The Morgan fingerprint density at radius 2 is 2.00 bits per heavy atom. The number of nitrogens with zero attached hydrogens (tertiary/aromatic N) is 1. The van der Waals surface area contributed by atoms with Crippen molar-refractivity contribution < 1.29 is 4.74 Å². The van der Waals surface area contributed by atoms with E-state index in [0.717, 1.165) is 38.0 Å². The molecule has 0 aliphatic carbocycles. The summed E-state index contributed by atoms with van der Waals surface area (Å²) in [4.78, 5) is 2.54. The molecule has 88 valence electrons. The summed E-state index contributed by atoms with van der Waals surface area (Å²) in [5, 5.41) is 0. The molecule has 15 heavy (non-hydrogen) atoms. The maximum absolute atomic E-state index is 6.31. The molecule has 2 saturated heterocycles. The summed E-state index contributed by atoms with van der Waals surface area (Å²) in [6.45, 7) is 9.71.